The third kappa shape index (κ3) is 4.14. The normalized spacial score (nSPS) is 21.2. The lowest BCUT2D eigenvalue weighted by Gasteiger charge is -2.34. The Morgan fingerprint density at radius 3 is 2.61 bits per heavy atom. The maximum atomic E-state index is 13.5. The summed E-state index contributed by atoms with van der Waals surface area (Å²) in [5, 5.41) is 12.0. The first-order valence-corrected chi connectivity index (χ1v) is 11.6. The molecule has 0 aromatic heterocycles. The van der Waals surface area contributed by atoms with Gasteiger partial charge in [-0.25, -0.2) is 4.99 Å². The van der Waals surface area contributed by atoms with E-state index in [4.69, 9.17) is 19.6 Å². The van der Waals surface area contributed by atoms with Gasteiger partial charge in [-0.15, -0.1) is 0 Å². The molecule has 1 amide bonds. The van der Waals surface area contributed by atoms with E-state index < -0.39 is 11.6 Å². The van der Waals surface area contributed by atoms with Crippen LogP contribution in [-0.4, -0.2) is 35.7 Å². The number of fused-ring (bicyclic) bond motifs is 1. The van der Waals surface area contributed by atoms with Gasteiger partial charge in [0.2, 0.25) is 5.90 Å². The van der Waals surface area contributed by atoms with Crippen LogP contribution in [0.4, 0.5) is 5.69 Å². The zero-order valence-electron chi connectivity index (χ0n) is 17.8. The largest absolute Gasteiger partial charge is 0.494 e. The number of halogens is 1. The number of carbonyl (C=O) groups excluding carboxylic acids is 1. The highest BCUT2D eigenvalue weighted by Crippen LogP contribution is 2.46. The first kappa shape index (κ1) is 21.7. The highest BCUT2D eigenvalue weighted by Gasteiger charge is 2.55. The third-order valence-corrected chi connectivity index (χ3v) is 6.46. The summed E-state index contributed by atoms with van der Waals surface area (Å²) in [5.41, 5.74) is 2.40. The lowest BCUT2D eigenvalue weighted by molar-refractivity contribution is -0.124. The van der Waals surface area contributed by atoms with Crippen molar-refractivity contribution in [1.82, 2.24) is 0 Å². The van der Waals surface area contributed by atoms with Crippen molar-refractivity contribution in [1.29, 1.82) is 0 Å². The fourth-order valence-corrected chi connectivity index (χ4v) is 4.50. The molecule has 3 aromatic rings. The number of anilines is 1. The Bertz CT molecular complexity index is 1190. The first-order chi connectivity index (χ1) is 16.1. The fraction of sp³-hybridized carbons (Fsp3) is 0.231. The van der Waals surface area contributed by atoms with Gasteiger partial charge < -0.3 is 19.9 Å². The molecule has 6 nitrogen and oxygen atoms in total. The number of amides is 1. The Hall–Kier alpha value is -3.16. The number of nitrogens with zero attached hydrogens (tertiary/aromatic N) is 1. The third-order valence-electron chi connectivity index (χ3n) is 5.93. The second kappa shape index (κ2) is 9.00. The Morgan fingerprint density at radius 1 is 1.09 bits per heavy atom. The minimum absolute atomic E-state index is 0.0907. The summed E-state index contributed by atoms with van der Waals surface area (Å²) in [6, 6.07) is 23.0. The molecule has 33 heavy (non-hydrogen) atoms. The monoisotopic (exact) mass is 506 g/mol. The summed E-state index contributed by atoms with van der Waals surface area (Å²) in [4.78, 5) is 18.4. The summed E-state index contributed by atoms with van der Waals surface area (Å²) < 4.78 is 13.0. The van der Waals surface area contributed by atoms with Crippen LogP contribution < -0.4 is 10.1 Å². The maximum Gasteiger partial charge on any atom is 0.257 e. The molecule has 0 fully saturated rings. The van der Waals surface area contributed by atoms with E-state index in [9.17, 15) is 4.79 Å². The predicted molar refractivity (Wildman–Crippen MR) is 130 cm³/mol. The van der Waals surface area contributed by atoms with Crippen molar-refractivity contribution < 1.29 is 19.4 Å². The van der Waals surface area contributed by atoms with Crippen LogP contribution in [0.1, 0.15) is 29.2 Å². The molecule has 0 saturated heterocycles. The molecule has 2 heterocycles. The predicted octanol–water partition coefficient (Wildman–Crippen LogP) is 4.66. The van der Waals surface area contributed by atoms with E-state index in [1.165, 1.54) is 0 Å². The van der Waals surface area contributed by atoms with E-state index in [0.717, 1.165) is 26.9 Å². The molecule has 0 aliphatic carbocycles. The molecule has 0 unspecified atom stereocenters. The Balaban J connectivity index is 1.51. The van der Waals surface area contributed by atoms with Gasteiger partial charge in [-0.3, -0.25) is 4.79 Å². The number of para-hydroxylation sites is 1. The number of aliphatic imine (C=N–C) groups is 1. The first-order valence-electron chi connectivity index (χ1n) is 10.8. The number of hydrogen-bond donors (Lipinski definition) is 2. The van der Waals surface area contributed by atoms with Gasteiger partial charge in [-0.05, 0) is 53.6 Å². The second-order valence-electron chi connectivity index (χ2n) is 8.13. The summed E-state index contributed by atoms with van der Waals surface area (Å²) >= 11 is 3.48. The zero-order chi connectivity index (χ0) is 22.8. The Labute approximate surface area is 200 Å². The minimum Gasteiger partial charge on any atom is -0.494 e. The molecule has 2 atom stereocenters. The Kier molecular flexibility index (Phi) is 5.91. The van der Waals surface area contributed by atoms with Crippen LogP contribution in [0.3, 0.4) is 0 Å². The average Bonchev–Trinajstić information content (AvgIpc) is 3.21. The number of ether oxygens (including phenoxy) is 2. The standard InChI is InChI=1S/C26H23BrN2O4/c27-20-10-6-17(7-11-20)23-26(16-19-4-1-2-5-22(19)28-25(26)31)29-24(33-23)18-8-12-21(13-9-18)32-15-3-14-30/h1-2,4-13,23,30H,3,14-16H2,(H,28,31)/t23-,26-/m1/s1. The van der Waals surface area contributed by atoms with Crippen molar-refractivity contribution in [2.45, 2.75) is 24.5 Å². The second-order valence-corrected chi connectivity index (χ2v) is 9.04. The van der Waals surface area contributed by atoms with Gasteiger partial charge in [0.15, 0.2) is 11.6 Å². The number of aliphatic hydroxyl groups excluding tert-OH is 1. The smallest absolute Gasteiger partial charge is 0.257 e. The SMILES string of the molecule is O=C1Nc2ccccc2C[C@]12N=C(c1ccc(OCCCO)cc1)O[C@@H]2c1ccc(Br)cc1. The fourth-order valence-electron chi connectivity index (χ4n) is 4.24. The molecule has 1 spiro atoms. The van der Waals surface area contributed by atoms with Crippen molar-refractivity contribution in [3.8, 4) is 5.75 Å². The summed E-state index contributed by atoms with van der Waals surface area (Å²) in [6.45, 7) is 0.537. The molecule has 2 aliphatic heterocycles. The molecule has 0 bridgehead atoms. The quantitative estimate of drug-likeness (QED) is 0.476. The maximum absolute atomic E-state index is 13.5. The van der Waals surface area contributed by atoms with E-state index in [2.05, 4.69) is 21.2 Å². The van der Waals surface area contributed by atoms with Crippen LogP contribution >= 0.6 is 15.9 Å². The molecule has 2 aliphatic rings. The summed E-state index contributed by atoms with van der Waals surface area (Å²) in [7, 11) is 0. The number of hydrogen-bond acceptors (Lipinski definition) is 5. The molecular formula is C26H23BrN2O4. The van der Waals surface area contributed by atoms with Gasteiger partial charge in [0.25, 0.3) is 5.91 Å². The van der Waals surface area contributed by atoms with Gasteiger partial charge in [-0.1, -0.05) is 46.3 Å². The Morgan fingerprint density at radius 2 is 1.85 bits per heavy atom. The van der Waals surface area contributed by atoms with Gasteiger partial charge in [-0.2, -0.15) is 0 Å². The van der Waals surface area contributed by atoms with E-state index in [0.29, 0.717) is 31.1 Å². The topological polar surface area (TPSA) is 80.2 Å². The van der Waals surface area contributed by atoms with E-state index in [-0.39, 0.29) is 12.5 Å². The van der Waals surface area contributed by atoms with Crippen LogP contribution in [0, 0.1) is 0 Å². The van der Waals surface area contributed by atoms with E-state index >= 15 is 0 Å². The van der Waals surface area contributed by atoms with E-state index in [1.54, 1.807) is 0 Å². The molecular weight excluding hydrogens is 484 g/mol. The summed E-state index contributed by atoms with van der Waals surface area (Å²) in [5.74, 6) is 0.960. The molecule has 0 saturated carbocycles. The van der Waals surface area contributed by atoms with Crippen LogP contribution in [0.25, 0.3) is 0 Å². The van der Waals surface area contributed by atoms with Crippen molar-refractivity contribution >= 4 is 33.4 Å². The molecule has 2 N–H and O–H groups in total. The number of carbonyl (C=O) groups is 1. The van der Waals surface area contributed by atoms with Gasteiger partial charge >= 0.3 is 0 Å². The van der Waals surface area contributed by atoms with E-state index in [1.807, 2.05) is 72.8 Å². The average molecular weight is 507 g/mol. The van der Waals surface area contributed by atoms with Crippen LogP contribution in [-0.2, 0) is 16.0 Å². The molecule has 0 radical (unpaired) electrons. The van der Waals surface area contributed by atoms with Crippen molar-refractivity contribution in [2.75, 3.05) is 18.5 Å². The van der Waals surface area contributed by atoms with Crippen molar-refractivity contribution in [3.63, 3.8) is 0 Å². The zero-order valence-corrected chi connectivity index (χ0v) is 19.4. The number of nitrogens with one attached hydrogen (secondary N) is 1. The molecule has 5 rings (SSSR count). The number of rotatable bonds is 6. The minimum atomic E-state index is -1.10. The summed E-state index contributed by atoms with van der Waals surface area (Å²) in [6.07, 6.45) is 0.460. The molecule has 7 heteroatoms. The van der Waals surface area contributed by atoms with Crippen LogP contribution in [0.5, 0.6) is 5.75 Å². The lowest BCUT2D eigenvalue weighted by Crippen LogP contribution is -2.49. The highest BCUT2D eigenvalue weighted by atomic mass is 79.9. The molecule has 3 aromatic carbocycles. The van der Waals surface area contributed by atoms with Gasteiger partial charge in [0, 0.05) is 35.2 Å². The van der Waals surface area contributed by atoms with Crippen molar-refractivity contribution in [3.05, 3.63) is 94.0 Å². The van der Waals surface area contributed by atoms with Gasteiger partial charge in [0.1, 0.15) is 5.75 Å². The van der Waals surface area contributed by atoms with Gasteiger partial charge in [0.05, 0.1) is 6.61 Å². The number of benzene rings is 3. The van der Waals surface area contributed by atoms with Crippen LogP contribution in [0.15, 0.2) is 82.3 Å². The molecule has 168 valence electrons. The lowest BCUT2D eigenvalue weighted by atomic mass is 9.79. The number of aliphatic hydroxyl groups is 1. The van der Waals surface area contributed by atoms with Crippen molar-refractivity contribution in [2.24, 2.45) is 4.99 Å². The highest BCUT2D eigenvalue weighted by molar-refractivity contribution is 9.10. The van der Waals surface area contributed by atoms with Crippen LogP contribution in [0.2, 0.25) is 0 Å².